The summed E-state index contributed by atoms with van der Waals surface area (Å²) in [6, 6.07) is 0.306. The molecule has 2 heterocycles. The zero-order chi connectivity index (χ0) is 12.4. The fourth-order valence-electron chi connectivity index (χ4n) is 1.23. The van der Waals surface area contributed by atoms with Crippen molar-refractivity contribution in [3.8, 4) is 0 Å². The van der Waals surface area contributed by atoms with Gasteiger partial charge in [-0.3, -0.25) is 0 Å². The Balaban J connectivity index is 1.97. The van der Waals surface area contributed by atoms with Gasteiger partial charge in [0.15, 0.2) is 0 Å². The summed E-state index contributed by atoms with van der Waals surface area (Å²) in [5, 5.41) is 10.2. The third-order valence-corrected chi connectivity index (χ3v) is 2.43. The van der Waals surface area contributed by atoms with E-state index in [0.29, 0.717) is 24.3 Å². The molecule has 0 radical (unpaired) electrons. The molecule has 2 rings (SSSR count). The van der Waals surface area contributed by atoms with Gasteiger partial charge in [0.2, 0.25) is 11.8 Å². The van der Waals surface area contributed by atoms with Gasteiger partial charge in [-0.1, -0.05) is 5.10 Å². The maximum absolute atomic E-state index is 5.80. The lowest BCUT2D eigenvalue weighted by atomic mass is 10.4. The van der Waals surface area contributed by atoms with E-state index in [4.69, 9.17) is 20.4 Å². The molecule has 1 atom stereocenters. The third-order valence-electron chi connectivity index (χ3n) is 2.24. The normalized spacial score (nSPS) is 12.7. The van der Waals surface area contributed by atoms with Crippen molar-refractivity contribution in [2.24, 2.45) is 0 Å². The third kappa shape index (κ3) is 2.76. The van der Waals surface area contributed by atoms with E-state index in [1.807, 2.05) is 13.8 Å². The minimum absolute atomic E-state index is 0.302. The number of hydrogen-bond donors (Lipinski definition) is 1. The van der Waals surface area contributed by atoms with Crippen LogP contribution in [0.4, 0.5) is 6.01 Å². The summed E-state index contributed by atoms with van der Waals surface area (Å²) in [5.41, 5.74) is 0.877. The highest BCUT2D eigenvalue weighted by Crippen LogP contribution is 2.19. The summed E-state index contributed by atoms with van der Waals surface area (Å²) in [6.45, 7) is 5.92. The number of aryl methyl sites for hydroxylation is 2. The van der Waals surface area contributed by atoms with Crippen molar-refractivity contribution in [1.29, 1.82) is 0 Å². The van der Waals surface area contributed by atoms with Crippen molar-refractivity contribution in [1.82, 2.24) is 15.2 Å². The Kier molecular flexibility index (Phi) is 3.33. The van der Waals surface area contributed by atoms with E-state index in [9.17, 15) is 0 Å². The predicted octanol–water partition coefficient (Wildman–Crippen LogP) is 2.59. The molecule has 0 aliphatic rings. The molecule has 1 N–H and O–H groups in total. The first-order chi connectivity index (χ1) is 8.06. The lowest BCUT2D eigenvalue weighted by molar-refractivity contribution is 0.468. The molecule has 17 heavy (non-hydrogen) atoms. The smallest absolute Gasteiger partial charge is 0.315 e. The molecule has 0 amide bonds. The molecular formula is C10H13ClN4O2. The number of aromatic nitrogens is 3. The van der Waals surface area contributed by atoms with Crippen LogP contribution in [0.25, 0.3) is 0 Å². The predicted molar refractivity (Wildman–Crippen MR) is 61.9 cm³/mol. The van der Waals surface area contributed by atoms with Crippen molar-refractivity contribution in [3.05, 3.63) is 23.2 Å². The van der Waals surface area contributed by atoms with E-state index in [2.05, 4.69) is 20.5 Å². The second-order valence-electron chi connectivity index (χ2n) is 3.66. The Morgan fingerprint density at radius 3 is 2.59 bits per heavy atom. The molecule has 0 aromatic carbocycles. The summed E-state index contributed by atoms with van der Waals surface area (Å²) in [6.07, 6.45) is 0. The van der Waals surface area contributed by atoms with Gasteiger partial charge < -0.3 is 14.2 Å². The quantitative estimate of drug-likeness (QED) is 0.848. The molecule has 0 saturated carbocycles. The van der Waals surface area contributed by atoms with Crippen LogP contribution in [-0.2, 0) is 6.54 Å². The van der Waals surface area contributed by atoms with Gasteiger partial charge in [0.1, 0.15) is 11.1 Å². The molecule has 0 spiro atoms. The number of alkyl halides is 1. The van der Waals surface area contributed by atoms with Crippen LogP contribution in [0.15, 0.2) is 8.83 Å². The lowest BCUT2D eigenvalue weighted by Crippen LogP contribution is -1.99. The summed E-state index contributed by atoms with van der Waals surface area (Å²) in [5.74, 6) is 1.77. The first-order valence-electron chi connectivity index (χ1n) is 5.20. The number of nitrogens with zero attached hydrogens (tertiary/aromatic N) is 3. The zero-order valence-corrected chi connectivity index (χ0v) is 10.6. The summed E-state index contributed by atoms with van der Waals surface area (Å²) in [4.78, 5) is 4.22. The Morgan fingerprint density at radius 2 is 2.06 bits per heavy atom. The molecule has 0 fully saturated rings. The van der Waals surface area contributed by atoms with Gasteiger partial charge in [-0.2, -0.15) is 0 Å². The molecule has 6 nitrogen and oxygen atoms in total. The maximum Gasteiger partial charge on any atom is 0.315 e. The number of hydrogen-bond acceptors (Lipinski definition) is 6. The van der Waals surface area contributed by atoms with Crippen LogP contribution in [0.5, 0.6) is 0 Å². The molecular weight excluding hydrogens is 244 g/mol. The van der Waals surface area contributed by atoms with Crippen LogP contribution < -0.4 is 5.32 Å². The fourth-order valence-corrected chi connectivity index (χ4v) is 1.32. The topological polar surface area (TPSA) is 77.0 Å². The van der Waals surface area contributed by atoms with Gasteiger partial charge in [-0.05, 0) is 20.8 Å². The van der Waals surface area contributed by atoms with Gasteiger partial charge in [-0.15, -0.1) is 16.7 Å². The largest absolute Gasteiger partial charge is 0.444 e. The van der Waals surface area contributed by atoms with E-state index >= 15 is 0 Å². The molecule has 2 aromatic heterocycles. The maximum atomic E-state index is 5.80. The Labute approximate surface area is 103 Å². The number of anilines is 1. The van der Waals surface area contributed by atoms with Gasteiger partial charge in [0.05, 0.1) is 12.2 Å². The number of oxazole rings is 1. The van der Waals surface area contributed by atoms with Crippen LogP contribution in [0.3, 0.4) is 0 Å². The number of nitrogens with one attached hydrogen (secondary N) is 1. The van der Waals surface area contributed by atoms with Crippen LogP contribution in [0.1, 0.15) is 35.5 Å². The fraction of sp³-hybridized carbons (Fsp3) is 0.500. The van der Waals surface area contributed by atoms with Crippen molar-refractivity contribution < 1.29 is 8.83 Å². The van der Waals surface area contributed by atoms with Crippen LogP contribution in [0.2, 0.25) is 0 Å². The first-order valence-corrected chi connectivity index (χ1v) is 5.64. The van der Waals surface area contributed by atoms with Gasteiger partial charge in [0, 0.05) is 0 Å². The first kappa shape index (κ1) is 11.9. The van der Waals surface area contributed by atoms with Crippen LogP contribution >= 0.6 is 11.6 Å². The van der Waals surface area contributed by atoms with E-state index in [1.54, 1.807) is 6.92 Å². The van der Waals surface area contributed by atoms with Gasteiger partial charge in [-0.25, -0.2) is 4.98 Å². The van der Waals surface area contributed by atoms with Gasteiger partial charge in [0.25, 0.3) is 0 Å². The van der Waals surface area contributed by atoms with E-state index in [0.717, 1.165) is 11.5 Å². The highest BCUT2D eigenvalue weighted by Gasteiger charge is 2.12. The minimum atomic E-state index is -0.302. The van der Waals surface area contributed by atoms with Crippen molar-refractivity contribution in [3.63, 3.8) is 0 Å². The van der Waals surface area contributed by atoms with E-state index < -0.39 is 0 Å². The van der Waals surface area contributed by atoms with E-state index in [-0.39, 0.29) is 5.38 Å². The van der Waals surface area contributed by atoms with Crippen molar-refractivity contribution in [2.75, 3.05) is 5.32 Å². The van der Waals surface area contributed by atoms with Crippen LogP contribution in [-0.4, -0.2) is 15.2 Å². The zero-order valence-electron chi connectivity index (χ0n) is 9.82. The van der Waals surface area contributed by atoms with Crippen LogP contribution in [0, 0.1) is 13.8 Å². The minimum Gasteiger partial charge on any atom is -0.444 e. The average Bonchev–Trinajstić information content (AvgIpc) is 2.84. The Bertz CT molecular complexity index is 487. The Hall–Kier alpha value is -1.56. The average molecular weight is 257 g/mol. The molecule has 92 valence electrons. The molecule has 0 aliphatic heterocycles. The van der Waals surface area contributed by atoms with Gasteiger partial charge >= 0.3 is 6.01 Å². The monoisotopic (exact) mass is 256 g/mol. The highest BCUT2D eigenvalue weighted by atomic mass is 35.5. The molecule has 1 unspecified atom stereocenters. The standard InChI is InChI=1S/C10H13ClN4O2/c1-5(11)9-14-15-10(17-9)12-4-8-13-6(2)7(3)16-8/h5H,4H2,1-3H3,(H,12,15). The molecule has 2 aromatic rings. The highest BCUT2D eigenvalue weighted by molar-refractivity contribution is 6.20. The Morgan fingerprint density at radius 1 is 1.29 bits per heavy atom. The summed E-state index contributed by atoms with van der Waals surface area (Å²) >= 11 is 5.80. The number of halogens is 1. The number of rotatable bonds is 4. The molecule has 7 heteroatoms. The summed E-state index contributed by atoms with van der Waals surface area (Å²) < 4.78 is 10.7. The molecule has 0 bridgehead atoms. The van der Waals surface area contributed by atoms with Crippen molar-refractivity contribution in [2.45, 2.75) is 32.7 Å². The van der Waals surface area contributed by atoms with Crippen molar-refractivity contribution >= 4 is 17.6 Å². The summed E-state index contributed by atoms with van der Waals surface area (Å²) in [7, 11) is 0. The second-order valence-corrected chi connectivity index (χ2v) is 4.32. The molecule has 0 saturated heterocycles. The SMILES string of the molecule is Cc1nc(CNc2nnc(C(C)Cl)o2)oc1C. The lowest BCUT2D eigenvalue weighted by Gasteiger charge is -1.96. The van der Waals surface area contributed by atoms with E-state index in [1.165, 1.54) is 0 Å². The molecule has 0 aliphatic carbocycles. The second kappa shape index (κ2) is 4.75.